The van der Waals surface area contributed by atoms with E-state index in [-0.39, 0.29) is 12.4 Å². The van der Waals surface area contributed by atoms with Gasteiger partial charge < -0.3 is 10.5 Å². The summed E-state index contributed by atoms with van der Waals surface area (Å²) < 4.78 is 34.3. The van der Waals surface area contributed by atoms with Crippen molar-refractivity contribution in [3.63, 3.8) is 0 Å². The van der Waals surface area contributed by atoms with Crippen molar-refractivity contribution in [2.45, 2.75) is 22.8 Å². The molecule has 2 aliphatic rings. The highest BCUT2D eigenvalue weighted by Gasteiger charge is 2.59. The summed E-state index contributed by atoms with van der Waals surface area (Å²) in [4.78, 5) is 4.82. The number of aliphatic imine (C=N–C) groups is 1. The van der Waals surface area contributed by atoms with Crippen LogP contribution in [0.5, 0.6) is 0 Å². The Balaban J connectivity index is 2.25. The third-order valence-corrected chi connectivity index (χ3v) is 4.98. The van der Waals surface area contributed by atoms with E-state index in [0.717, 1.165) is 9.37 Å². The second-order valence-electron chi connectivity index (χ2n) is 4.54. The first kappa shape index (κ1) is 13.2. The lowest BCUT2D eigenvalue weighted by Gasteiger charge is -2.43. The first-order chi connectivity index (χ1) is 8.95. The molecule has 0 saturated heterocycles. The molecule has 0 amide bonds. The molecule has 7 heteroatoms. The van der Waals surface area contributed by atoms with E-state index in [4.69, 9.17) is 10.5 Å². The van der Waals surface area contributed by atoms with Crippen LogP contribution < -0.4 is 5.73 Å². The summed E-state index contributed by atoms with van der Waals surface area (Å²) in [6.45, 7) is -0.723. The van der Waals surface area contributed by atoms with Gasteiger partial charge in [-0.15, -0.1) is 11.8 Å². The Labute approximate surface area is 121 Å². The van der Waals surface area contributed by atoms with Gasteiger partial charge in [0.1, 0.15) is 0 Å². The lowest BCUT2D eigenvalue weighted by molar-refractivity contribution is -0.124. The van der Waals surface area contributed by atoms with Crippen molar-refractivity contribution in [2.24, 2.45) is 10.7 Å². The highest BCUT2D eigenvalue weighted by Crippen LogP contribution is 2.53. The molecular weight excluding hydrogens is 338 g/mol. The summed E-state index contributed by atoms with van der Waals surface area (Å²) in [5.74, 6) is -2.48. The van der Waals surface area contributed by atoms with E-state index >= 15 is 0 Å². The van der Waals surface area contributed by atoms with Crippen LogP contribution in [0.2, 0.25) is 0 Å². The fourth-order valence-corrected chi connectivity index (χ4v) is 4.00. The number of rotatable bonds is 0. The molecule has 102 valence electrons. The number of halogens is 3. The Hall–Kier alpha value is -0.820. The average Bonchev–Trinajstić information content (AvgIpc) is 2.36. The Morgan fingerprint density at radius 2 is 2.21 bits per heavy atom. The smallest absolute Gasteiger partial charge is 0.310 e. The number of alkyl halides is 2. The average molecular weight is 349 g/mol. The minimum absolute atomic E-state index is 0.163. The van der Waals surface area contributed by atoms with E-state index in [9.17, 15) is 8.78 Å². The number of benzene rings is 1. The zero-order chi connectivity index (χ0) is 13.7. The largest absolute Gasteiger partial charge is 0.459 e. The van der Waals surface area contributed by atoms with E-state index in [1.54, 1.807) is 17.8 Å². The number of nitrogens with two attached hydrogens (primary N) is 1. The molecular formula is C12H11BrF2N2OS. The molecule has 2 aliphatic heterocycles. The van der Waals surface area contributed by atoms with Gasteiger partial charge in [-0.2, -0.15) is 8.78 Å². The topological polar surface area (TPSA) is 47.6 Å². The summed E-state index contributed by atoms with van der Waals surface area (Å²) >= 11 is 4.89. The van der Waals surface area contributed by atoms with Gasteiger partial charge in [0.15, 0.2) is 12.1 Å². The van der Waals surface area contributed by atoms with E-state index in [1.807, 2.05) is 12.1 Å². The molecule has 3 nitrogen and oxygen atoms in total. The molecule has 0 radical (unpaired) electrons. The second-order valence-corrected chi connectivity index (χ2v) is 6.59. The molecule has 1 aromatic carbocycles. The summed E-state index contributed by atoms with van der Waals surface area (Å²) in [5, 5.41) is 0. The molecule has 0 fully saturated rings. The first-order valence-corrected chi connectivity index (χ1v) is 7.51. The van der Waals surface area contributed by atoms with Crippen LogP contribution in [0, 0.1) is 0 Å². The van der Waals surface area contributed by atoms with Gasteiger partial charge in [0.05, 0.1) is 0 Å². The Morgan fingerprint density at radius 3 is 3.00 bits per heavy atom. The number of nitrogens with zero attached hydrogens (tertiary/aromatic N) is 1. The van der Waals surface area contributed by atoms with E-state index in [2.05, 4.69) is 20.9 Å². The van der Waals surface area contributed by atoms with Gasteiger partial charge in [0.25, 0.3) is 6.02 Å². The molecule has 3 rings (SSSR count). The predicted octanol–water partition coefficient (Wildman–Crippen LogP) is 3.12. The molecule has 0 aromatic heterocycles. The number of hydrogen-bond acceptors (Lipinski definition) is 4. The fraction of sp³-hybridized carbons (Fsp3) is 0.417. The number of hydrogen-bond donors (Lipinski definition) is 1. The minimum Gasteiger partial charge on any atom is -0.459 e. The number of amidine groups is 1. The van der Waals surface area contributed by atoms with E-state index in [0.29, 0.717) is 11.3 Å². The molecule has 1 atom stereocenters. The third-order valence-electron chi connectivity index (χ3n) is 3.42. The Bertz CT molecular complexity index is 567. The summed E-state index contributed by atoms with van der Waals surface area (Å²) in [7, 11) is 0. The van der Waals surface area contributed by atoms with Gasteiger partial charge in [0.2, 0.25) is 0 Å². The third kappa shape index (κ3) is 1.94. The molecule has 2 heterocycles. The maximum Gasteiger partial charge on any atom is 0.310 e. The lowest BCUT2D eigenvalue weighted by atomic mass is 9.81. The summed E-state index contributed by atoms with van der Waals surface area (Å²) in [6.07, 6.45) is 0.248. The molecule has 1 spiro atoms. The van der Waals surface area contributed by atoms with Crippen LogP contribution in [0.25, 0.3) is 0 Å². The van der Waals surface area contributed by atoms with Crippen molar-refractivity contribution in [1.82, 2.24) is 0 Å². The zero-order valence-corrected chi connectivity index (χ0v) is 12.2. The molecule has 1 aromatic rings. The van der Waals surface area contributed by atoms with Crippen molar-refractivity contribution in [3.05, 3.63) is 28.2 Å². The van der Waals surface area contributed by atoms with Gasteiger partial charge >= 0.3 is 5.92 Å². The van der Waals surface area contributed by atoms with Gasteiger partial charge in [-0.05, 0) is 24.6 Å². The lowest BCUT2D eigenvalue weighted by Crippen LogP contribution is -2.54. The van der Waals surface area contributed by atoms with Crippen molar-refractivity contribution < 1.29 is 13.5 Å². The molecule has 0 aliphatic carbocycles. The van der Waals surface area contributed by atoms with E-state index < -0.39 is 18.1 Å². The minimum atomic E-state index is -3.06. The number of thioether (sulfide) groups is 1. The van der Waals surface area contributed by atoms with E-state index in [1.165, 1.54) is 0 Å². The maximum atomic E-state index is 14.4. The Morgan fingerprint density at radius 1 is 1.42 bits per heavy atom. The molecule has 0 saturated carbocycles. The van der Waals surface area contributed by atoms with Gasteiger partial charge in [0, 0.05) is 20.7 Å². The highest BCUT2D eigenvalue weighted by atomic mass is 79.9. The standard InChI is InChI=1S/C12H11BrF2N2OS/c13-7-1-2-9-8(5-7)11(3-4-19-9)12(14,15)6-18-10(16)17-11/h1-2,5H,3-4,6H2,(H2,16,17)/t11-/m1/s1. The second kappa shape index (κ2) is 4.34. The van der Waals surface area contributed by atoms with Crippen molar-refractivity contribution >= 4 is 33.7 Å². The highest BCUT2D eigenvalue weighted by molar-refractivity contribution is 9.10. The zero-order valence-electron chi connectivity index (χ0n) is 9.83. The van der Waals surface area contributed by atoms with Crippen LogP contribution in [0.15, 0.2) is 32.6 Å². The maximum absolute atomic E-state index is 14.4. The molecule has 0 unspecified atom stereocenters. The van der Waals surface area contributed by atoms with Crippen LogP contribution in [-0.2, 0) is 10.3 Å². The van der Waals surface area contributed by atoms with Crippen molar-refractivity contribution in [2.75, 3.05) is 12.4 Å². The molecule has 2 N–H and O–H groups in total. The first-order valence-electron chi connectivity index (χ1n) is 5.73. The SMILES string of the molecule is NC1=N[C@@]2(CCSc3ccc(Br)cc32)C(F)(F)CO1. The quantitative estimate of drug-likeness (QED) is 0.783. The summed E-state index contributed by atoms with van der Waals surface area (Å²) in [5.41, 5.74) is 4.46. The Kier molecular flexibility index (Phi) is 3.01. The van der Waals surface area contributed by atoms with Crippen LogP contribution in [0.4, 0.5) is 8.78 Å². The van der Waals surface area contributed by atoms with Crippen LogP contribution >= 0.6 is 27.7 Å². The van der Waals surface area contributed by atoms with Gasteiger partial charge in [-0.1, -0.05) is 15.9 Å². The monoisotopic (exact) mass is 348 g/mol. The molecule has 19 heavy (non-hydrogen) atoms. The fourth-order valence-electron chi connectivity index (χ4n) is 2.48. The normalized spacial score (nSPS) is 28.5. The van der Waals surface area contributed by atoms with Crippen molar-refractivity contribution in [3.8, 4) is 0 Å². The van der Waals surface area contributed by atoms with Gasteiger partial charge in [-0.3, -0.25) is 0 Å². The van der Waals surface area contributed by atoms with Crippen molar-refractivity contribution in [1.29, 1.82) is 0 Å². The van der Waals surface area contributed by atoms with Crippen LogP contribution in [0.1, 0.15) is 12.0 Å². The van der Waals surface area contributed by atoms with Crippen LogP contribution in [-0.4, -0.2) is 24.3 Å². The number of ether oxygens (including phenoxy) is 1. The number of fused-ring (bicyclic) bond motifs is 2. The van der Waals surface area contributed by atoms with Crippen LogP contribution in [0.3, 0.4) is 0 Å². The van der Waals surface area contributed by atoms with Gasteiger partial charge in [-0.25, -0.2) is 4.99 Å². The predicted molar refractivity (Wildman–Crippen MR) is 73.7 cm³/mol. The summed E-state index contributed by atoms with van der Waals surface area (Å²) in [6, 6.07) is 5.22. The molecule has 0 bridgehead atoms.